The number of nitrogens with zero attached hydrogens (tertiary/aromatic N) is 1. The maximum Gasteiger partial charge on any atom is 0.446 e. The van der Waals surface area contributed by atoms with Gasteiger partial charge in [-0.1, -0.05) is 12.1 Å². The molecule has 0 bridgehead atoms. The molecule has 1 heterocycles. The third kappa shape index (κ3) is 4.34. The van der Waals surface area contributed by atoms with E-state index in [1.54, 1.807) is 24.3 Å². The topological polar surface area (TPSA) is 45.1 Å². The number of halogens is 3. The smallest absolute Gasteiger partial charge is 0.446 e. The molecule has 1 aromatic heterocycles. The molecule has 0 saturated carbocycles. The number of aromatic nitrogens is 1. The number of pyridine rings is 1. The normalized spacial score (nSPS) is 11.3. The number of hydrogen-bond donors (Lipinski definition) is 2. The van der Waals surface area contributed by atoms with Crippen LogP contribution in [0, 0.1) is 0 Å². The van der Waals surface area contributed by atoms with Gasteiger partial charge in [0.1, 0.15) is 5.75 Å². The molecule has 2 N–H and O–H groups in total. The van der Waals surface area contributed by atoms with E-state index in [4.69, 9.17) is 5.11 Å². The highest BCUT2D eigenvalue weighted by molar-refractivity contribution is 8.00. The van der Waals surface area contributed by atoms with Crippen LogP contribution in [0.15, 0.2) is 47.5 Å². The zero-order chi connectivity index (χ0) is 14.6. The molecule has 0 amide bonds. The molecule has 0 aliphatic rings. The molecule has 0 radical (unpaired) electrons. The van der Waals surface area contributed by atoms with Gasteiger partial charge < -0.3 is 10.4 Å². The van der Waals surface area contributed by atoms with Crippen LogP contribution in [0.2, 0.25) is 0 Å². The van der Waals surface area contributed by atoms with E-state index in [0.29, 0.717) is 11.4 Å². The first-order chi connectivity index (χ1) is 9.44. The third-order valence-corrected chi connectivity index (χ3v) is 3.19. The highest BCUT2D eigenvalue weighted by Gasteiger charge is 2.30. The van der Waals surface area contributed by atoms with Crippen LogP contribution in [0.5, 0.6) is 5.75 Å². The summed E-state index contributed by atoms with van der Waals surface area (Å²) in [5.41, 5.74) is -3.31. The van der Waals surface area contributed by atoms with Crippen molar-refractivity contribution in [1.82, 2.24) is 4.98 Å². The van der Waals surface area contributed by atoms with Crippen LogP contribution in [0.4, 0.5) is 18.9 Å². The van der Waals surface area contributed by atoms with Gasteiger partial charge in [-0.3, -0.25) is 4.98 Å². The van der Waals surface area contributed by atoms with Gasteiger partial charge in [-0.15, -0.1) is 0 Å². The number of thioether (sulfide) groups is 1. The van der Waals surface area contributed by atoms with Crippen LogP contribution in [0.25, 0.3) is 0 Å². The Balaban J connectivity index is 2.07. The van der Waals surface area contributed by atoms with E-state index in [9.17, 15) is 13.2 Å². The Kier molecular flexibility index (Phi) is 4.39. The molecule has 3 nitrogen and oxygen atoms in total. The van der Waals surface area contributed by atoms with Crippen molar-refractivity contribution >= 4 is 17.4 Å². The summed E-state index contributed by atoms with van der Waals surface area (Å²) in [5.74, 6) is 0.0433. The standard InChI is InChI=1S/C13H11F3N2OS/c14-13(15,16)20-12-4-2-1-3-11(12)18-7-9-5-6-10(19)8-17-9/h1-6,8,18-19H,7H2. The second kappa shape index (κ2) is 6.04. The summed E-state index contributed by atoms with van der Waals surface area (Å²) in [6.07, 6.45) is 1.29. The second-order valence-corrected chi connectivity index (χ2v) is 5.01. The quantitative estimate of drug-likeness (QED) is 0.837. The van der Waals surface area contributed by atoms with Crippen molar-refractivity contribution in [3.8, 4) is 5.75 Å². The fraction of sp³-hybridized carbons (Fsp3) is 0.154. The fourth-order valence-corrected chi connectivity index (χ4v) is 2.18. The lowest BCUT2D eigenvalue weighted by Crippen LogP contribution is -2.05. The average Bonchev–Trinajstić information content (AvgIpc) is 2.38. The van der Waals surface area contributed by atoms with Gasteiger partial charge in [-0.25, -0.2) is 0 Å². The first kappa shape index (κ1) is 14.5. The number of benzene rings is 1. The minimum Gasteiger partial charge on any atom is -0.506 e. The van der Waals surface area contributed by atoms with Crippen molar-refractivity contribution in [1.29, 1.82) is 0 Å². The number of alkyl halides is 3. The highest BCUT2D eigenvalue weighted by atomic mass is 32.2. The van der Waals surface area contributed by atoms with Crippen LogP contribution in [0.1, 0.15) is 5.69 Å². The fourth-order valence-electron chi connectivity index (χ4n) is 1.53. The molecule has 1 aromatic carbocycles. The summed E-state index contributed by atoms with van der Waals surface area (Å²) >= 11 is -0.158. The Morgan fingerprint density at radius 1 is 1.15 bits per heavy atom. The molecule has 20 heavy (non-hydrogen) atoms. The number of para-hydroxylation sites is 1. The van der Waals surface area contributed by atoms with Crippen LogP contribution < -0.4 is 5.32 Å². The van der Waals surface area contributed by atoms with Crippen LogP contribution in [-0.2, 0) is 6.54 Å². The summed E-state index contributed by atoms with van der Waals surface area (Å²) < 4.78 is 37.3. The van der Waals surface area contributed by atoms with Gasteiger partial charge in [0.2, 0.25) is 0 Å². The zero-order valence-electron chi connectivity index (χ0n) is 10.2. The van der Waals surface area contributed by atoms with Crippen LogP contribution in [0.3, 0.4) is 0 Å². The monoisotopic (exact) mass is 300 g/mol. The molecule has 0 atom stereocenters. The molecule has 7 heteroatoms. The minimum atomic E-state index is -4.32. The number of aromatic hydroxyl groups is 1. The van der Waals surface area contributed by atoms with Gasteiger partial charge in [0.25, 0.3) is 0 Å². The first-order valence-electron chi connectivity index (χ1n) is 5.66. The lowest BCUT2D eigenvalue weighted by atomic mass is 10.3. The second-order valence-electron chi connectivity index (χ2n) is 3.91. The summed E-state index contributed by atoms with van der Waals surface area (Å²) in [7, 11) is 0. The Morgan fingerprint density at radius 3 is 2.55 bits per heavy atom. The van der Waals surface area contributed by atoms with Gasteiger partial charge in [0, 0.05) is 10.6 Å². The molecular formula is C13H11F3N2OS. The highest BCUT2D eigenvalue weighted by Crippen LogP contribution is 2.40. The van der Waals surface area contributed by atoms with Gasteiger partial charge >= 0.3 is 5.51 Å². The van der Waals surface area contributed by atoms with E-state index in [1.165, 1.54) is 18.3 Å². The predicted molar refractivity (Wildman–Crippen MR) is 71.6 cm³/mol. The summed E-state index contributed by atoms with van der Waals surface area (Å²) in [5, 5.41) is 12.0. The number of anilines is 1. The molecule has 0 saturated heterocycles. The van der Waals surface area contributed by atoms with E-state index in [0.717, 1.165) is 0 Å². The molecule has 2 rings (SSSR count). The summed E-state index contributed by atoms with van der Waals surface area (Å²) in [6.45, 7) is 0.274. The minimum absolute atomic E-state index is 0.0433. The van der Waals surface area contributed by atoms with Crippen molar-refractivity contribution in [3.63, 3.8) is 0 Å². The largest absolute Gasteiger partial charge is 0.506 e. The van der Waals surface area contributed by atoms with Crippen molar-refractivity contribution < 1.29 is 18.3 Å². The molecule has 106 valence electrons. The van der Waals surface area contributed by atoms with Crippen molar-refractivity contribution in [2.45, 2.75) is 16.9 Å². The van der Waals surface area contributed by atoms with Crippen LogP contribution in [-0.4, -0.2) is 15.6 Å². The van der Waals surface area contributed by atoms with E-state index in [-0.39, 0.29) is 29.0 Å². The Labute approximate surface area is 117 Å². The molecule has 0 aliphatic heterocycles. The Hall–Kier alpha value is -1.89. The lowest BCUT2D eigenvalue weighted by molar-refractivity contribution is -0.0327. The Morgan fingerprint density at radius 2 is 1.90 bits per heavy atom. The van der Waals surface area contributed by atoms with Crippen molar-refractivity contribution in [3.05, 3.63) is 48.3 Å². The molecule has 0 aliphatic carbocycles. The SMILES string of the molecule is Oc1ccc(CNc2ccccc2SC(F)(F)F)nc1. The van der Waals surface area contributed by atoms with Gasteiger partial charge in [0.05, 0.1) is 18.4 Å². The maximum absolute atomic E-state index is 12.4. The Bertz CT molecular complexity index is 573. The molecule has 0 unspecified atom stereocenters. The number of nitrogens with one attached hydrogen (secondary N) is 1. The van der Waals surface area contributed by atoms with E-state index in [2.05, 4.69) is 10.3 Å². The molecule has 2 aromatic rings. The van der Waals surface area contributed by atoms with Gasteiger partial charge in [-0.05, 0) is 36.0 Å². The van der Waals surface area contributed by atoms with Gasteiger partial charge in [0.15, 0.2) is 0 Å². The molecular weight excluding hydrogens is 289 g/mol. The van der Waals surface area contributed by atoms with Gasteiger partial charge in [-0.2, -0.15) is 13.2 Å². The van der Waals surface area contributed by atoms with Crippen molar-refractivity contribution in [2.75, 3.05) is 5.32 Å². The van der Waals surface area contributed by atoms with E-state index in [1.807, 2.05) is 0 Å². The number of hydrogen-bond acceptors (Lipinski definition) is 4. The van der Waals surface area contributed by atoms with E-state index >= 15 is 0 Å². The maximum atomic E-state index is 12.4. The summed E-state index contributed by atoms with van der Waals surface area (Å²) in [4.78, 5) is 4.07. The zero-order valence-corrected chi connectivity index (χ0v) is 11.0. The molecule has 0 fully saturated rings. The first-order valence-corrected chi connectivity index (χ1v) is 6.48. The third-order valence-electron chi connectivity index (χ3n) is 2.38. The lowest BCUT2D eigenvalue weighted by Gasteiger charge is -2.12. The average molecular weight is 300 g/mol. The van der Waals surface area contributed by atoms with E-state index < -0.39 is 5.51 Å². The summed E-state index contributed by atoms with van der Waals surface area (Å²) in [6, 6.07) is 9.27. The van der Waals surface area contributed by atoms with Crippen molar-refractivity contribution in [2.24, 2.45) is 0 Å². The predicted octanol–water partition coefficient (Wildman–Crippen LogP) is 4.01. The molecule has 0 spiro atoms. The van der Waals surface area contributed by atoms with Crippen LogP contribution >= 0.6 is 11.8 Å². The number of rotatable bonds is 4.